The van der Waals surface area contributed by atoms with Crippen LogP contribution in [0.25, 0.3) is 10.9 Å². The van der Waals surface area contributed by atoms with Gasteiger partial charge in [0.2, 0.25) is 0 Å². The van der Waals surface area contributed by atoms with Crippen LogP contribution in [-0.2, 0) is 7.05 Å². The van der Waals surface area contributed by atoms with Crippen molar-refractivity contribution >= 4 is 29.0 Å². The highest BCUT2D eigenvalue weighted by Gasteiger charge is 1.95. The molecule has 0 unspecified atom stereocenters. The van der Waals surface area contributed by atoms with E-state index in [2.05, 4.69) is 10.6 Å². The molecule has 1 aromatic carbocycles. The van der Waals surface area contributed by atoms with Crippen LogP contribution in [0.15, 0.2) is 30.5 Å². The maximum Gasteiger partial charge on any atom is 0.0479 e. The van der Waals surface area contributed by atoms with Gasteiger partial charge in [0.25, 0.3) is 0 Å². The Morgan fingerprint density at radius 2 is 2.00 bits per heavy atom. The van der Waals surface area contributed by atoms with Crippen molar-refractivity contribution in [2.45, 2.75) is 0 Å². The number of aryl methyl sites for hydroxylation is 1. The number of nitrogens with two attached hydrogens (primary N) is 1. The minimum atomic E-state index is 0. The zero-order valence-corrected chi connectivity index (χ0v) is 7.64. The largest absolute Gasteiger partial charge is 0.399 e. The molecule has 0 bridgehead atoms. The Bertz CT molecular complexity index is 392. The summed E-state index contributed by atoms with van der Waals surface area (Å²) >= 11 is 0. The van der Waals surface area contributed by atoms with E-state index in [-0.39, 0.29) is 12.4 Å². The highest BCUT2D eigenvalue weighted by molar-refractivity contribution is 5.85. The van der Waals surface area contributed by atoms with Gasteiger partial charge in [-0.2, -0.15) is 0 Å². The number of hydrogen-bond acceptors (Lipinski definition) is 1. The van der Waals surface area contributed by atoms with Crippen LogP contribution in [-0.4, -0.2) is 4.57 Å². The summed E-state index contributed by atoms with van der Waals surface area (Å²) in [6.45, 7) is 0. The third-order valence-corrected chi connectivity index (χ3v) is 1.91. The number of nitrogen functional groups attached to an aromatic ring is 1. The quantitative estimate of drug-likeness (QED) is 0.623. The van der Waals surface area contributed by atoms with Crippen molar-refractivity contribution in [2.75, 3.05) is 5.73 Å². The number of benzene rings is 1. The van der Waals surface area contributed by atoms with Crippen molar-refractivity contribution in [2.24, 2.45) is 7.05 Å². The Hall–Kier alpha value is -1.15. The van der Waals surface area contributed by atoms with E-state index in [0.29, 0.717) is 0 Å². The molecule has 0 amide bonds. The van der Waals surface area contributed by atoms with Crippen molar-refractivity contribution < 1.29 is 0 Å². The lowest BCUT2D eigenvalue weighted by Crippen LogP contribution is -1.85. The molecule has 12 heavy (non-hydrogen) atoms. The first-order valence-electron chi connectivity index (χ1n) is 3.58. The molecule has 0 saturated carbocycles. The number of aromatic nitrogens is 1. The first kappa shape index (κ1) is 8.94. The Balaban J connectivity index is 0.000000720. The number of nitrogens with zero attached hydrogens (tertiary/aromatic N) is 1. The first-order chi connectivity index (χ1) is 5.27. The molecule has 0 aliphatic rings. The molecule has 64 valence electrons. The molecule has 2 N–H and O–H groups in total. The number of anilines is 1. The lowest BCUT2D eigenvalue weighted by Gasteiger charge is -1.95. The molecule has 0 aliphatic heterocycles. The van der Waals surface area contributed by atoms with Crippen molar-refractivity contribution in [3.05, 3.63) is 30.5 Å². The van der Waals surface area contributed by atoms with Gasteiger partial charge in [-0.15, -0.1) is 12.4 Å². The third-order valence-electron chi connectivity index (χ3n) is 1.91. The Kier molecular flexibility index (Phi) is 2.29. The zero-order chi connectivity index (χ0) is 7.84. The van der Waals surface area contributed by atoms with Gasteiger partial charge in [-0.25, -0.2) is 0 Å². The Morgan fingerprint density at radius 3 is 2.75 bits per heavy atom. The smallest absolute Gasteiger partial charge is 0.0479 e. The summed E-state index contributed by atoms with van der Waals surface area (Å²) in [5, 5.41) is 1.20. The second-order valence-electron chi connectivity index (χ2n) is 2.74. The summed E-state index contributed by atoms with van der Waals surface area (Å²) < 4.78 is 2.08. The van der Waals surface area contributed by atoms with Crippen LogP contribution in [0.1, 0.15) is 0 Å². The van der Waals surface area contributed by atoms with E-state index >= 15 is 0 Å². The Labute approximate surface area is 77.4 Å². The first-order valence-corrected chi connectivity index (χ1v) is 3.58. The van der Waals surface area contributed by atoms with Gasteiger partial charge < -0.3 is 10.3 Å². The third kappa shape index (κ3) is 1.25. The standard InChI is InChI=1S/C9H10N2.ClH/c1-11-5-4-7-6-8(10)2-3-9(7)11;/h2-6H,10H2,1H3;1H. The summed E-state index contributed by atoms with van der Waals surface area (Å²) in [5.74, 6) is 0. The average Bonchev–Trinajstić information content (AvgIpc) is 2.32. The monoisotopic (exact) mass is 182 g/mol. The lowest BCUT2D eigenvalue weighted by atomic mass is 10.2. The molecule has 0 atom stereocenters. The fraction of sp³-hybridized carbons (Fsp3) is 0.111. The molecule has 2 nitrogen and oxygen atoms in total. The van der Waals surface area contributed by atoms with E-state index in [9.17, 15) is 0 Å². The van der Waals surface area contributed by atoms with E-state index in [1.54, 1.807) is 0 Å². The average molecular weight is 183 g/mol. The molecule has 3 heteroatoms. The van der Waals surface area contributed by atoms with Crippen LogP contribution in [0.3, 0.4) is 0 Å². The van der Waals surface area contributed by atoms with Crippen LogP contribution in [0, 0.1) is 0 Å². The molecule has 0 fully saturated rings. The minimum absolute atomic E-state index is 0. The normalized spacial score (nSPS) is 9.75. The van der Waals surface area contributed by atoms with Gasteiger partial charge in [-0.3, -0.25) is 0 Å². The maximum absolute atomic E-state index is 5.62. The highest BCUT2D eigenvalue weighted by Crippen LogP contribution is 2.17. The predicted molar refractivity (Wildman–Crippen MR) is 54.6 cm³/mol. The second-order valence-corrected chi connectivity index (χ2v) is 2.74. The highest BCUT2D eigenvalue weighted by atomic mass is 35.5. The molecule has 1 heterocycles. The van der Waals surface area contributed by atoms with Gasteiger partial charge in [-0.1, -0.05) is 0 Å². The van der Waals surface area contributed by atoms with Crippen molar-refractivity contribution in [1.29, 1.82) is 0 Å². The van der Waals surface area contributed by atoms with E-state index in [4.69, 9.17) is 5.73 Å². The van der Waals surface area contributed by atoms with E-state index in [1.165, 1.54) is 10.9 Å². The molecular weight excluding hydrogens is 172 g/mol. The fourth-order valence-electron chi connectivity index (χ4n) is 1.30. The van der Waals surface area contributed by atoms with Gasteiger partial charge in [0.05, 0.1) is 0 Å². The van der Waals surface area contributed by atoms with Crippen LogP contribution >= 0.6 is 12.4 Å². The predicted octanol–water partition coefficient (Wildman–Crippen LogP) is 2.18. The minimum Gasteiger partial charge on any atom is -0.399 e. The molecule has 0 aliphatic carbocycles. The van der Waals surface area contributed by atoms with Crippen molar-refractivity contribution in [3.63, 3.8) is 0 Å². The molecule has 2 rings (SSSR count). The molecule has 0 spiro atoms. The van der Waals surface area contributed by atoms with E-state index < -0.39 is 0 Å². The number of fused-ring (bicyclic) bond motifs is 1. The van der Waals surface area contributed by atoms with Gasteiger partial charge in [0.15, 0.2) is 0 Å². The second kappa shape index (κ2) is 3.07. The van der Waals surface area contributed by atoms with E-state index in [0.717, 1.165) is 5.69 Å². The summed E-state index contributed by atoms with van der Waals surface area (Å²) in [5.41, 5.74) is 7.67. The maximum atomic E-state index is 5.62. The Morgan fingerprint density at radius 1 is 1.25 bits per heavy atom. The molecule has 0 radical (unpaired) electrons. The molecule has 2 aromatic rings. The number of rotatable bonds is 0. The van der Waals surface area contributed by atoms with E-state index in [1.807, 2.05) is 31.4 Å². The van der Waals surface area contributed by atoms with Crippen molar-refractivity contribution in [3.8, 4) is 0 Å². The lowest BCUT2D eigenvalue weighted by molar-refractivity contribution is 0.969. The van der Waals surface area contributed by atoms with Crippen molar-refractivity contribution in [1.82, 2.24) is 4.57 Å². The summed E-state index contributed by atoms with van der Waals surface area (Å²) in [6.07, 6.45) is 2.03. The number of hydrogen-bond donors (Lipinski definition) is 1. The topological polar surface area (TPSA) is 30.9 Å². The van der Waals surface area contributed by atoms with Gasteiger partial charge in [-0.05, 0) is 24.3 Å². The molecular formula is C9H11ClN2. The van der Waals surface area contributed by atoms with Gasteiger partial charge in [0, 0.05) is 29.8 Å². The van der Waals surface area contributed by atoms with Crippen LogP contribution in [0.4, 0.5) is 5.69 Å². The zero-order valence-electron chi connectivity index (χ0n) is 6.82. The van der Waals surface area contributed by atoms with Crippen LogP contribution in [0.2, 0.25) is 0 Å². The summed E-state index contributed by atoms with van der Waals surface area (Å²) in [4.78, 5) is 0. The van der Waals surface area contributed by atoms with Crippen LogP contribution in [0.5, 0.6) is 0 Å². The molecule has 1 aromatic heterocycles. The van der Waals surface area contributed by atoms with Gasteiger partial charge >= 0.3 is 0 Å². The van der Waals surface area contributed by atoms with Crippen LogP contribution < -0.4 is 5.73 Å². The van der Waals surface area contributed by atoms with Gasteiger partial charge in [0.1, 0.15) is 0 Å². The number of halogens is 1. The SMILES string of the molecule is Cl.Cn1ccc2cc(N)ccc21. The fourth-order valence-corrected chi connectivity index (χ4v) is 1.30. The summed E-state index contributed by atoms with van der Waals surface area (Å²) in [7, 11) is 2.03. The summed E-state index contributed by atoms with van der Waals surface area (Å²) in [6, 6.07) is 7.99. The molecule has 0 saturated heterocycles.